The number of aliphatic hydroxyl groups is 1. The van der Waals surface area contributed by atoms with Crippen molar-refractivity contribution in [3.8, 4) is 11.3 Å². The van der Waals surface area contributed by atoms with Crippen LogP contribution >= 0.6 is 0 Å². The summed E-state index contributed by atoms with van der Waals surface area (Å²) in [5.74, 6) is -0.0344. The fraction of sp³-hybridized carbons (Fsp3) is 0.500. The average Bonchev–Trinajstić information content (AvgIpc) is 2.95. The van der Waals surface area contributed by atoms with Crippen LogP contribution in [0.5, 0.6) is 0 Å². The van der Waals surface area contributed by atoms with Gasteiger partial charge >= 0.3 is 0 Å². The SMILES string of the molecule is CC(C)C(O)C(C)(C)CNCc1cn[nH]c1-c1ccc(F)cc1. The molecule has 0 saturated carbocycles. The smallest absolute Gasteiger partial charge is 0.123 e. The zero-order valence-corrected chi connectivity index (χ0v) is 14.2. The molecule has 0 bridgehead atoms. The van der Waals surface area contributed by atoms with Crippen LogP contribution in [0.3, 0.4) is 0 Å². The molecule has 23 heavy (non-hydrogen) atoms. The average molecular weight is 319 g/mol. The Bertz CT molecular complexity index is 619. The molecule has 0 fully saturated rings. The third kappa shape index (κ3) is 4.39. The maximum atomic E-state index is 13.0. The van der Waals surface area contributed by atoms with Crippen molar-refractivity contribution in [3.63, 3.8) is 0 Å². The van der Waals surface area contributed by atoms with Crippen molar-refractivity contribution in [1.29, 1.82) is 0 Å². The van der Waals surface area contributed by atoms with E-state index in [1.54, 1.807) is 18.3 Å². The molecule has 126 valence electrons. The molecular weight excluding hydrogens is 293 g/mol. The molecule has 1 aromatic carbocycles. The summed E-state index contributed by atoms with van der Waals surface area (Å²) in [7, 11) is 0. The highest BCUT2D eigenvalue weighted by Gasteiger charge is 2.29. The molecule has 0 radical (unpaired) electrons. The minimum absolute atomic E-state index is 0.214. The van der Waals surface area contributed by atoms with E-state index < -0.39 is 0 Å². The van der Waals surface area contributed by atoms with Gasteiger partial charge in [0.2, 0.25) is 0 Å². The number of hydrogen-bond donors (Lipinski definition) is 3. The minimum Gasteiger partial charge on any atom is -0.392 e. The van der Waals surface area contributed by atoms with E-state index in [1.165, 1.54) is 12.1 Å². The van der Waals surface area contributed by atoms with Gasteiger partial charge in [0, 0.05) is 29.6 Å². The van der Waals surface area contributed by atoms with Gasteiger partial charge in [-0.1, -0.05) is 27.7 Å². The van der Waals surface area contributed by atoms with Crippen LogP contribution in [0.25, 0.3) is 11.3 Å². The van der Waals surface area contributed by atoms with Gasteiger partial charge in [-0.25, -0.2) is 4.39 Å². The molecule has 2 aromatic rings. The molecule has 1 unspecified atom stereocenters. The third-order valence-corrected chi connectivity index (χ3v) is 4.18. The number of nitrogens with zero attached hydrogens (tertiary/aromatic N) is 1. The lowest BCUT2D eigenvalue weighted by molar-refractivity contribution is 0.0134. The van der Waals surface area contributed by atoms with Crippen LogP contribution in [-0.4, -0.2) is 28.0 Å². The summed E-state index contributed by atoms with van der Waals surface area (Å²) < 4.78 is 13.0. The normalized spacial score (nSPS) is 13.5. The van der Waals surface area contributed by atoms with E-state index in [9.17, 15) is 9.50 Å². The fourth-order valence-corrected chi connectivity index (χ4v) is 2.84. The van der Waals surface area contributed by atoms with Gasteiger partial charge < -0.3 is 10.4 Å². The number of nitrogens with one attached hydrogen (secondary N) is 2. The van der Waals surface area contributed by atoms with Crippen LogP contribution in [0.2, 0.25) is 0 Å². The number of aliphatic hydroxyl groups excluding tert-OH is 1. The molecule has 0 aliphatic heterocycles. The maximum absolute atomic E-state index is 13.0. The first kappa shape index (κ1) is 17.6. The zero-order chi connectivity index (χ0) is 17.0. The predicted octanol–water partition coefficient (Wildman–Crippen LogP) is 3.35. The second kappa shape index (κ2) is 7.23. The number of H-pyrrole nitrogens is 1. The molecule has 0 spiro atoms. The number of aromatic nitrogens is 2. The quantitative estimate of drug-likeness (QED) is 0.733. The van der Waals surface area contributed by atoms with Gasteiger partial charge in [0.05, 0.1) is 18.0 Å². The maximum Gasteiger partial charge on any atom is 0.123 e. The predicted molar refractivity (Wildman–Crippen MR) is 90.3 cm³/mol. The number of hydrogen-bond acceptors (Lipinski definition) is 3. The molecule has 0 saturated heterocycles. The van der Waals surface area contributed by atoms with E-state index >= 15 is 0 Å². The first-order valence-electron chi connectivity index (χ1n) is 7.98. The van der Waals surface area contributed by atoms with Crippen molar-refractivity contribution in [2.24, 2.45) is 11.3 Å². The van der Waals surface area contributed by atoms with E-state index in [-0.39, 0.29) is 23.3 Å². The largest absolute Gasteiger partial charge is 0.392 e. The molecule has 1 aromatic heterocycles. The Hall–Kier alpha value is -1.72. The van der Waals surface area contributed by atoms with E-state index in [1.807, 2.05) is 13.8 Å². The number of rotatable bonds is 7. The summed E-state index contributed by atoms with van der Waals surface area (Å²) in [4.78, 5) is 0. The third-order valence-electron chi connectivity index (χ3n) is 4.18. The lowest BCUT2D eigenvalue weighted by Crippen LogP contribution is -2.41. The fourth-order valence-electron chi connectivity index (χ4n) is 2.84. The summed E-state index contributed by atoms with van der Waals surface area (Å²) in [6, 6.07) is 6.35. The van der Waals surface area contributed by atoms with Crippen LogP contribution in [0.15, 0.2) is 30.5 Å². The van der Waals surface area contributed by atoms with Gasteiger partial charge in [-0.15, -0.1) is 0 Å². The lowest BCUT2D eigenvalue weighted by atomic mass is 9.80. The van der Waals surface area contributed by atoms with Gasteiger partial charge in [-0.05, 0) is 30.2 Å². The molecule has 5 heteroatoms. The summed E-state index contributed by atoms with van der Waals surface area (Å²) in [6.07, 6.45) is 1.41. The van der Waals surface area contributed by atoms with Crippen molar-refractivity contribution in [1.82, 2.24) is 15.5 Å². The molecule has 0 aliphatic carbocycles. The van der Waals surface area contributed by atoms with E-state index in [0.717, 1.165) is 16.8 Å². The van der Waals surface area contributed by atoms with Crippen molar-refractivity contribution in [3.05, 3.63) is 41.8 Å². The Balaban J connectivity index is 2.00. The van der Waals surface area contributed by atoms with Crippen LogP contribution in [0, 0.1) is 17.2 Å². The van der Waals surface area contributed by atoms with Crippen LogP contribution in [0.4, 0.5) is 4.39 Å². The van der Waals surface area contributed by atoms with Crippen molar-refractivity contribution in [2.45, 2.75) is 40.3 Å². The second-order valence-corrected chi connectivity index (χ2v) is 7.06. The van der Waals surface area contributed by atoms with Gasteiger partial charge in [0.25, 0.3) is 0 Å². The summed E-state index contributed by atoms with van der Waals surface area (Å²) in [5.41, 5.74) is 2.60. The van der Waals surface area contributed by atoms with Crippen LogP contribution < -0.4 is 5.32 Å². The standard InChI is InChI=1S/C18H26FN3O/c1-12(2)17(23)18(3,4)11-20-9-14-10-21-22-16(14)13-5-7-15(19)8-6-13/h5-8,10,12,17,20,23H,9,11H2,1-4H3,(H,21,22). The van der Waals surface area contributed by atoms with Crippen molar-refractivity contribution < 1.29 is 9.50 Å². The molecule has 2 rings (SSSR count). The Kier molecular flexibility index (Phi) is 5.55. The Labute approximate surface area is 137 Å². The number of benzene rings is 1. The first-order valence-corrected chi connectivity index (χ1v) is 7.98. The monoisotopic (exact) mass is 319 g/mol. The second-order valence-electron chi connectivity index (χ2n) is 7.06. The Morgan fingerprint density at radius 2 is 1.91 bits per heavy atom. The van der Waals surface area contributed by atoms with Crippen LogP contribution in [0.1, 0.15) is 33.3 Å². The summed E-state index contributed by atoms with van der Waals surface area (Å²) >= 11 is 0. The van der Waals surface area contributed by atoms with Gasteiger partial charge in [0.15, 0.2) is 0 Å². The van der Waals surface area contributed by atoms with Gasteiger partial charge in [-0.2, -0.15) is 5.10 Å². The molecule has 4 nitrogen and oxygen atoms in total. The summed E-state index contributed by atoms with van der Waals surface area (Å²) in [6.45, 7) is 9.49. The lowest BCUT2D eigenvalue weighted by Gasteiger charge is -2.33. The van der Waals surface area contributed by atoms with Crippen molar-refractivity contribution >= 4 is 0 Å². The highest BCUT2D eigenvalue weighted by molar-refractivity contribution is 5.62. The molecular formula is C18H26FN3O. The molecule has 0 amide bonds. The van der Waals surface area contributed by atoms with Crippen molar-refractivity contribution in [2.75, 3.05) is 6.54 Å². The van der Waals surface area contributed by atoms with E-state index in [0.29, 0.717) is 13.1 Å². The Morgan fingerprint density at radius 3 is 2.52 bits per heavy atom. The number of halogens is 1. The topological polar surface area (TPSA) is 60.9 Å². The van der Waals surface area contributed by atoms with Gasteiger partial charge in [-0.3, -0.25) is 5.10 Å². The molecule has 0 aliphatic rings. The zero-order valence-electron chi connectivity index (χ0n) is 14.2. The number of aromatic amines is 1. The minimum atomic E-state index is -0.365. The molecule has 1 atom stereocenters. The Morgan fingerprint density at radius 1 is 1.26 bits per heavy atom. The van der Waals surface area contributed by atoms with Crippen LogP contribution in [-0.2, 0) is 6.54 Å². The molecule has 3 N–H and O–H groups in total. The highest BCUT2D eigenvalue weighted by atomic mass is 19.1. The first-order chi connectivity index (χ1) is 10.8. The molecule has 1 heterocycles. The van der Waals surface area contributed by atoms with E-state index in [4.69, 9.17) is 0 Å². The summed E-state index contributed by atoms with van der Waals surface area (Å²) in [5, 5.41) is 20.7. The van der Waals surface area contributed by atoms with E-state index in [2.05, 4.69) is 29.4 Å². The van der Waals surface area contributed by atoms with Gasteiger partial charge in [0.1, 0.15) is 5.82 Å². The highest BCUT2D eigenvalue weighted by Crippen LogP contribution is 2.26.